The minimum Gasteiger partial charge on any atom is -0.321 e. The number of rotatable bonds is 3. The number of sulfone groups is 1. The summed E-state index contributed by atoms with van der Waals surface area (Å²) in [6.45, 7) is 6.21. The van der Waals surface area contributed by atoms with Gasteiger partial charge in [-0.1, -0.05) is 30.2 Å². The summed E-state index contributed by atoms with van der Waals surface area (Å²) in [5, 5.41) is -0.232. The van der Waals surface area contributed by atoms with Crippen LogP contribution in [-0.2, 0) is 15.4 Å². The molecule has 1 aromatic rings. The molecule has 1 fully saturated rings. The van der Waals surface area contributed by atoms with Crippen molar-refractivity contribution in [3.63, 3.8) is 0 Å². The monoisotopic (exact) mass is 309 g/mol. The van der Waals surface area contributed by atoms with Crippen LogP contribution in [0.4, 0.5) is 0 Å². The molecule has 0 spiro atoms. The van der Waals surface area contributed by atoms with E-state index in [1.807, 2.05) is 0 Å². The fourth-order valence-corrected chi connectivity index (χ4v) is 4.79. The van der Waals surface area contributed by atoms with Crippen LogP contribution in [0.1, 0.15) is 49.3 Å². The van der Waals surface area contributed by atoms with Gasteiger partial charge in [-0.3, -0.25) is 0 Å². The van der Waals surface area contributed by atoms with Gasteiger partial charge in [0.25, 0.3) is 0 Å². The largest absolute Gasteiger partial charge is 0.321 e. The summed E-state index contributed by atoms with van der Waals surface area (Å²) in [6.07, 6.45) is 4.76. The Morgan fingerprint density at radius 2 is 1.90 bits per heavy atom. The lowest BCUT2D eigenvalue weighted by atomic mass is 9.71. The van der Waals surface area contributed by atoms with Crippen molar-refractivity contribution in [2.75, 3.05) is 6.26 Å². The van der Waals surface area contributed by atoms with Crippen molar-refractivity contribution in [2.45, 2.75) is 57.2 Å². The lowest BCUT2D eigenvalue weighted by Gasteiger charge is -2.40. The molecular weight excluding hydrogens is 282 g/mol. The highest BCUT2D eigenvalue weighted by Crippen LogP contribution is 2.40. The fraction of sp³-hybridized carbons (Fsp3) is 0.647. The van der Waals surface area contributed by atoms with Gasteiger partial charge < -0.3 is 5.73 Å². The van der Waals surface area contributed by atoms with E-state index in [-0.39, 0.29) is 11.2 Å². The molecule has 3 nitrogen and oxygen atoms in total. The third kappa shape index (κ3) is 3.49. The summed E-state index contributed by atoms with van der Waals surface area (Å²) in [7, 11) is -2.98. The summed E-state index contributed by atoms with van der Waals surface area (Å²) in [5.74, 6) is 0.214. The Hall–Kier alpha value is -0.870. The second-order valence-electron chi connectivity index (χ2n) is 6.92. The van der Waals surface area contributed by atoms with Crippen LogP contribution < -0.4 is 5.73 Å². The average Bonchev–Trinajstić information content (AvgIpc) is 2.40. The first-order valence-corrected chi connectivity index (χ1v) is 9.63. The molecule has 0 radical (unpaired) electrons. The maximum Gasteiger partial charge on any atom is 0.150 e. The standard InChI is InChI=1S/C17H27NO2S/c1-12-8-9-13(2)16(10-12)17(3,18)14-6-5-7-15(11-14)21(4,19)20/h8-10,14-15H,5-7,11,18H2,1-4H3. The van der Waals surface area contributed by atoms with Gasteiger partial charge in [0.15, 0.2) is 0 Å². The third-order valence-corrected chi connectivity index (χ3v) is 6.69. The van der Waals surface area contributed by atoms with E-state index in [4.69, 9.17) is 5.73 Å². The lowest BCUT2D eigenvalue weighted by molar-refractivity contribution is 0.225. The number of benzene rings is 1. The first-order chi connectivity index (χ1) is 9.62. The molecule has 3 atom stereocenters. The van der Waals surface area contributed by atoms with Gasteiger partial charge in [0.05, 0.1) is 5.25 Å². The Morgan fingerprint density at radius 1 is 1.24 bits per heavy atom. The Bertz CT molecular complexity index is 620. The number of nitrogens with two attached hydrogens (primary N) is 1. The molecule has 1 aliphatic carbocycles. The lowest BCUT2D eigenvalue weighted by Crippen LogP contribution is -2.45. The van der Waals surface area contributed by atoms with Crippen LogP contribution in [0, 0.1) is 19.8 Å². The van der Waals surface area contributed by atoms with Crippen molar-refractivity contribution in [3.8, 4) is 0 Å². The summed E-state index contributed by atoms with van der Waals surface area (Å²) in [5.41, 5.74) is 9.76. The molecular formula is C17H27NO2S. The van der Waals surface area contributed by atoms with Crippen LogP contribution in [0.2, 0.25) is 0 Å². The van der Waals surface area contributed by atoms with E-state index in [2.05, 4.69) is 39.0 Å². The predicted molar refractivity (Wildman–Crippen MR) is 88.0 cm³/mol. The minimum atomic E-state index is -2.98. The van der Waals surface area contributed by atoms with Crippen molar-refractivity contribution >= 4 is 9.84 Å². The van der Waals surface area contributed by atoms with Gasteiger partial charge in [-0.25, -0.2) is 8.42 Å². The molecule has 0 bridgehead atoms. The molecule has 118 valence electrons. The molecule has 1 aliphatic rings. The summed E-state index contributed by atoms with van der Waals surface area (Å²) in [4.78, 5) is 0. The molecule has 2 rings (SSSR count). The molecule has 0 amide bonds. The smallest absolute Gasteiger partial charge is 0.150 e. The molecule has 1 aromatic carbocycles. The first-order valence-electron chi connectivity index (χ1n) is 7.68. The van der Waals surface area contributed by atoms with E-state index < -0.39 is 15.4 Å². The summed E-state index contributed by atoms with van der Waals surface area (Å²) in [6, 6.07) is 6.35. The van der Waals surface area contributed by atoms with Gasteiger partial charge in [-0.05, 0) is 57.1 Å². The number of aryl methyl sites for hydroxylation is 2. The SMILES string of the molecule is Cc1ccc(C)c(C(C)(N)C2CCCC(S(C)(=O)=O)C2)c1. The van der Waals surface area contributed by atoms with E-state index in [0.29, 0.717) is 6.42 Å². The van der Waals surface area contributed by atoms with Crippen LogP contribution >= 0.6 is 0 Å². The highest BCUT2D eigenvalue weighted by molar-refractivity contribution is 7.91. The Balaban J connectivity index is 2.32. The maximum atomic E-state index is 11.9. The Kier molecular flexibility index (Phi) is 4.50. The topological polar surface area (TPSA) is 60.2 Å². The Labute approximate surface area is 128 Å². The van der Waals surface area contributed by atoms with E-state index >= 15 is 0 Å². The summed E-state index contributed by atoms with van der Waals surface area (Å²) < 4.78 is 23.8. The number of hydrogen-bond acceptors (Lipinski definition) is 3. The van der Waals surface area contributed by atoms with Gasteiger partial charge in [-0.2, -0.15) is 0 Å². The quantitative estimate of drug-likeness (QED) is 0.933. The first kappa shape index (κ1) is 16.5. The van der Waals surface area contributed by atoms with Crippen molar-refractivity contribution in [1.82, 2.24) is 0 Å². The molecule has 1 saturated carbocycles. The van der Waals surface area contributed by atoms with E-state index in [9.17, 15) is 8.42 Å². The van der Waals surface area contributed by atoms with Crippen molar-refractivity contribution < 1.29 is 8.42 Å². The van der Waals surface area contributed by atoms with Crippen LogP contribution in [0.5, 0.6) is 0 Å². The van der Waals surface area contributed by atoms with Crippen LogP contribution in [0.25, 0.3) is 0 Å². The molecule has 2 N–H and O–H groups in total. The van der Waals surface area contributed by atoms with Gasteiger partial charge in [0, 0.05) is 11.8 Å². The van der Waals surface area contributed by atoms with Gasteiger partial charge in [0.1, 0.15) is 9.84 Å². The summed E-state index contributed by atoms with van der Waals surface area (Å²) >= 11 is 0. The molecule has 0 aromatic heterocycles. The van der Waals surface area contributed by atoms with Crippen molar-refractivity contribution in [3.05, 3.63) is 34.9 Å². The second-order valence-corrected chi connectivity index (χ2v) is 9.24. The molecule has 21 heavy (non-hydrogen) atoms. The average molecular weight is 309 g/mol. The highest BCUT2D eigenvalue weighted by atomic mass is 32.2. The molecule has 4 heteroatoms. The zero-order valence-electron chi connectivity index (χ0n) is 13.5. The van der Waals surface area contributed by atoms with E-state index in [1.54, 1.807) is 0 Å². The Morgan fingerprint density at radius 3 is 2.52 bits per heavy atom. The van der Waals surface area contributed by atoms with Crippen LogP contribution in [-0.4, -0.2) is 19.9 Å². The van der Waals surface area contributed by atoms with Crippen LogP contribution in [0.15, 0.2) is 18.2 Å². The van der Waals surface area contributed by atoms with E-state index in [1.165, 1.54) is 17.4 Å². The number of hydrogen-bond donors (Lipinski definition) is 1. The fourth-order valence-electron chi connectivity index (χ4n) is 3.61. The van der Waals surface area contributed by atoms with Crippen LogP contribution in [0.3, 0.4) is 0 Å². The van der Waals surface area contributed by atoms with Crippen molar-refractivity contribution in [2.24, 2.45) is 11.7 Å². The molecule has 0 heterocycles. The van der Waals surface area contributed by atoms with Gasteiger partial charge in [0.2, 0.25) is 0 Å². The van der Waals surface area contributed by atoms with Gasteiger partial charge in [-0.15, -0.1) is 0 Å². The maximum absolute atomic E-state index is 11.9. The molecule has 0 saturated heterocycles. The minimum absolute atomic E-state index is 0.214. The second kappa shape index (κ2) is 5.73. The predicted octanol–water partition coefficient (Wildman–Crippen LogP) is 3.08. The van der Waals surface area contributed by atoms with Gasteiger partial charge >= 0.3 is 0 Å². The molecule has 3 unspecified atom stereocenters. The zero-order valence-corrected chi connectivity index (χ0v) is 14.3. The van der Waals surface area contributed by atoms with Crippen molar-refractivity contribution in [1.29, 1.82) is 0 Å². The normalized spacial score (nSPS) is 26.3. The van der Waals surface area contributed by atoms with E-state index in [0.717, 1.165) is 24.8 Å². The third-order valence-electron chi connectivity index (χ3n) is 5.05. The highest BCUT2D eigenvalue weighted by Gasteiger charge is 2.39. The molecule has 0 aliphatic heterocycles. The zero-order chi connectivity index (χ0) is 15.8.